The van der Waals surface area contributed by atoms with Crippen LogP contribution in [0.25, 0.3) is 0 Å². The first kappa shape index (κ1) is 13.0. The van der Waals surface area contributed by atoms with Crippen molar-refractivity contribution in [2.75, 3.05) is 57.2 Å². The van der Waals surface area contributed by atoms with Crippen LogP contribution in [0, 0.1) is 0 Å². The normalized spacial score (nSPS) is 19.6. The minimum atomic E-state index is 0.363. The van der Waals surface area contributed by atoms with Crippen LogP contribution in [0.4, 0.5) is 11.6 Å². The van der Waals surface area contributed by atoms with E-state index in [9.17, 15) is 0 Å². The van der Waals surface area contributed by atoms with Crippen molar-refractivity contribution < 1.29 is 4.74 Å². The second-order valence-corrected chi connectivity index (χ2v) is 4.74. The Balaban J connectivity index is 1.99. The van der Waals surface area contributed by atoms with Gasteiger partial charge in [-0.25, -0.2) is 9.97 Å². The lowest BCUT2D eigenvalue weighted by Gasteiger charge is -2.29. The summed E-state index contributed by atoms with van der Waals surface area (Å²) in [6.07, 6.45) is 1.60. The van der Waals surface area contributed by atoms with Gasteiger partial charge >= 0.3 is 0 Å². The number of nitrogens with one attached hydrogen (secondary N) is 1. The molecule has 1 fully saturated rings. The molecule has 0 radical (unpaired) electrons. The Morgan fingerprint density at radius 2 is 2.11 bits per heavy atom. The highest BCUT2D eigenvalue weighted by atomic mass is 16.5. The minimum absolute atomic E-state index is 0.363. The van der Waals surface area contributed by atoms with Crippen molar-refractivity contribution in [1.82, 2.24) is 15.3 Å². The van der Waals surface area contributed by atoms with Crippen molar-refractivity contribution in [1.29, 1.82) is 0 Å². The molecule has 6 heteroatoms. The standard InChI is InChI=1S/C12H21N5O/c1-16(2)11-6-12(15-9-14-11)17(3)7-10-8-18-5-4-13-10/h6,9-10,13H,4-5,7-8H2,1-3H3. The highest BCUT2D eigenvalue weighted by Gasteiger charge is 2.16. The molecule has 1 aliphatic rings. The lowest BCUT2D eigenvalue weighted by atomic mass is 10.2. The smallest absolute Gasteiger partial charge is 0.133 e. The van der Waals surface area contributed by atoms with Crippen LogP contribution in [0.2, 0.25) is 0 Å². The van der Waals surface area contributed by atoms with Crippen LogP contribution >= 0.6 is 0 Å². The molecule has 0 bridgehead atoms. The fourth-order valence-electron chi connectivity index (χ4n) is 1.95. The number of hydrogen-bond donors (Lipinski definition) is 1. The van der Waals surface area contributed by atoms with E-state index in [2.05, 4.69) is 20.2 Å². The molecule has 6 nitrogen and oxygen atoms in total. The number of rotatable bonds is 4. The molecular formula is C12H21N5O. The Bertz CT molecular complexity index is 378. The lowest BCUT2D eigenvalue weighted by molar-refractivity contribution is 0.0790. The molecule has 2 heterocycles. The van der Waals surface area contributed by atoms with E-state index < -0.39 is 0 Å². The summed E-state index contributed by atoms with van der Waals surface area (Å²) in [6, 6.07) is 2.35. The molecule has 1 N–H and O–H groups in total. The Morgan fingerprint density at radius 3 is 2.78 bits per heavy atom. The zero-order valence-corrected chi connectivity index (χ0v) is 11.3. The fraction of sp³-hybridized carbons (Fsp3) is 0.667. The van der Waals surface area contributed by atoms with E-state index in [1.165, 1.54) is 0 Å². The number of anilines is 2. The van der Waals surface area contributed by atoms with Crippen LogP contribution in [0.3, 0.4) is 0 Å². The van der Waals surface area contributed by atoms with Crippen LogP contribution in [-0.2, 0) is 4.74 Å². The lowest BCUT2D eigenvalue weighted by Crippen LogP contribution is -2.47. The van der Waals surface area contributed by atoms with Gasteiger partial charge in [-0.2, -0.15) is 0 Å². The quantitative estimate of drug-likeness (QED) is 0.811. The number of likely N-dealkylation sites (N-methyl/N-ethyl adjacent to an activating group) is 1. The summed E-state index contributed by atoms with van der Waals surface area (Å²) >= 11 is 0. The number of nitrogens with zero attached hydrogens (tertiary/aromatic N) is 4. The van der Waals surface area contributed by atoms with Gasteiger partial charge in [0.2, 0.25) is 0 Å². The maximum atomic E-state index is 5.45. The maximum absolute atomic E-state index is 5.45. The Kier molecular flexibility index (Phi) is 4.33. The summed E-state index contributed by atoms with van der Waals surface area (Å²) in [7, 11) is 5.99. The molecule has 1 unspecified atom stereocenters. The van der Waals surface area contributed by atoms with Gasteiger partial charge in [0.15, 0.2) is 0 Å². The molecule has 1 aliphatic heterocycles. The van der Waals surface area contributed by atoms with Crippen LogP contribution in [0.5, 0.6) is 0 Å². The number of ether oxygens (including phenoxy) is 1. The number of aromatic nitrogens is 2. The minimum Gasteiger partial charge on any atom is -0.378 e. The van der Waals surface area contributed by atoms with E-state index in [-0.39, 0.29) is 0 Å². The highest BCUT2D eigenvalue weighted by molar-refractivity contribution is 5.48. The van der Waals surface area contributed by atoms with Crippen molar-refractivity contribution in [2.45, 2.75) is 6.04 Å². The topological polar surface area (TPSA) is 53.5 Å². The van der Waals surface area contributed by atoms with Crippen molar-refractivity contribution in [3.63, 3.8) is 0 Å². The van der Waals surface area contributed by atoms with E-state index in [1.807, 2.05) is 32.1 Å². The third-order valence-electron chi connectivity index (χ3n) is 2.98. The molecule has 100 valence electrons. The zero-order valence-electron chi connectivity index (χ0n) is 11.3. The molecule has 2 rings (SSSR count). The van der Waals surface area contributed by atoms with E-state index in [0.717, 1.165) is 37.9 Å². The van der Waals surface area contributed by atoms with Gasteiger partial charge in [0.25, 0.3) is 0 Å². The van der Waals surface area contributed by atoms with Gasteiger partial charge in [0, 0.05) is 46.3 Å². The molecule has 0 spiro atoms. The van der Waals surface area contributed by atoms with Gasteiger partial charge in [-0.3, -0.25) is 0 Å². The number of hydrogen-bond acceptors (Lipinski definition) is 6. The predicted molar refractivity (Wildman–Crippen MR) is 72.2 cm³/mol. The first-order valence-corrected chi connectivity index (χ1v) is 6.18. The molecule has 1 saturated heterocycles. The molecule has 1 aromatic rings. The predicted octanol–water partition coefficient (Wildman–Crippen LogP) is -0.0328. The van der Waals surface area contributed by atoms with E-state index in [1.54, 1.807) is 6.33 Å². The summed E-state index contributed by atoms with van der Waals surface area (Å²) in [5.74, 6) is 1.85. The fourth-order valence-corrected chi connectivity index (χ4v) is 1.95. The molecule has 18 heavy (non-hydrogen) atoms. The van der Waals surface area contributed by atoms with Crippen LogP contribution in [-0.4, -0.2) is 63.5 Å². The van der Waals surface area contributed by atoms with Crippen LogP contribution in [0.15, 0.2) is 12.4 Å². The maximum Gasteiger partial charge on any atom is 0.133 e. The summed E-state index contributed by atoms with van der Waals surface area (Å²) in [5.41, 5.74) is 0. The molecule has 0 amide bonds. The van der Waals surface area contributed by atoms with Gasteiger partial charge in [0.1, 0.15) is 18.0 Å². The molecule has 0 saturated carbocycles. The average Bonchev–Trinajstić information content (AvgIpc) is 2.40. The Hall–Kier alpha value is -1.40. The average molecular weight is 251 g/mol. The summed E-state index contributed by atoms with van der Waals surface area (Å²) in [4.78, 5) is 12.6. The van der Waals surface area contributed by atoms with E-state index in [4.69, 9.17) is 4.74 Å². The second-order valence-electron chi connectivity index (χ2n) is 4.74. The summed E-state index contributed by atoms with van der Waals surface area (Å²) in [5, 5.41) is 3.44. The molecule has 0 aliphatic carbocycles. The third-order valence-corrected chi connectivity index (χ3v) is 2.98. The van der Waals surface area contributed by atoms with Crippen molar-refractivity contribution >= 4 is 11.6 Å². The van der Waals surface area contributed by atoms with Crippen LogP contribution < -0.4 is 15.1 Å². The van der Waals surface area contributed by atoms with Crippen LogP contribution in [0.1, 0.15) is 0 Å². The van der Waals surface area contributed by atoms with Crippen molar-refractivity contribution in [3.8, 4) is 0 Å². The first-order valence-electron chi connectivity index (χ1n) is 6.18. The van der Waals surface area contributed by atoms with Gasteiger partial charge in [-0.15, -0.1) is 0 Å². The Morgan fingerprint density at radius 1 is 1.33 bits per heavy atom. The van der Waals surface area contributed by atoms with Gasteiger partial charge in [-0.1, -0.05) is 0 Å². The number of morpholine rings is 1. The molecule has 1 atom stereocenters. The largest absolute Gasteiger partial charge is 0.378 e. The summed E-state index contributed by atoms with van der Waals surface area (Å²) in [6.45, 7) is 3.36. The molecule has 1 aromatic heterocycles. The first-order chi connectivity index (χ1) is 8.66. The summed E-state index contributed by atoms with van der Waals surface area (Å²) < 4.78 is 5.45. The van der Waals surface area contributed by atoms with Gasteiger partial charge in [-0.05, 0) is 0 Å². The monoisotopic (exact) mass is 251 g/mol. The van der Waals surface area contributed by atoms with Gasteiger partial charge < -0.3 is 19.9 Å². The third kappa shape index (κ3) is 3.30. The molecular weight excluding hydrogens is 230 g/mol. The van der Waals surface area contributed by atoms with E-state index in [0.29, 0.717) is 6.04 Å². The highest BCUT2D eigenvalue weighted by Crippen LogP contribution is 2.14. The zero-order chi connectivity index (χ0) is 13.0. The second kappa shape index (κ2) is 5.97. The van der Waals surface area contributed by atoms with Gasteiger partial charge in [0.05, 0.1) is 13.2 Å². The van der Waals surface area contributed by atoms with Crippen molar-refractivity contribution in [2.24, 2.45) is 0 Å². The molecule has 0 aromatic carbocycles. The SMILES string of the molecule is CN(C)c1cc(N(C)CC2COCCN2)ncn1. The van der Waals surface area contributed by atoms with E-state index >= 15 is 0 Å². The Labute approximate surface area is 108 Å². The van der Waals surface area contributed by atoms with Crippen molar-refractivity contribution in [3.05, 3.63) is 12.4 Å².